The van der Waals surface area contributed by atoms with Crippen molar-refractivity contribution in [3.05, 3.63) is 11.6 Å². The molecule has 14 atom stereocenters. The zero-order valence-corrected chi connectivity index (χ0v) is 27.8. The van der Waals surface area contributed by atoms with E-state index in [0.717, 1.165) is 25.7 Å². The Morgan fingerprint density at radius 2 is 1.51 bits per heavy atom. The van der Waals surface area contributed by atoms with Crippen LogP contribution < -0.4 is 0 Å². The van der Waals surface area contributed by atoms with Crippen molar-refractivity contribution in [2.75, 3.05) is 13.2 Å². The number of aliphatic hydroxyl groups is 5. The van der Waals surface area contributed by atoms with Gasteiger partial charge in [0.15, 0.2) is 6.29 Å². The fraction of sp³-hybridized carbons (Fsp3) is 0.944. The number of allylic oxidation sites excluding steroid dienone is 2. The first kappa shape index (κ1) is 32.4. The normalized spacial score (nSPS) is 56.2. The minimum Gasteiger partial charge on any atom is -0.396 e. The molecule has 0 aromatic rings. The standard InChI is InChI=1S/C36H60O7/c1-31(2)14-15-32(3)16-17-35(6)21(22(32)18-31)8-9-25-33(4)12-11-26(34(5,20-38)24(33)10-13-36(25,35)7)43-30-29(41)28(40)27(39)23(19-37)42-30/h8,22-30,37-41H,9-20H2,1-7H3. The summed E-state index contributed by atoms with van der Waals surface area (Å²) in [6.07, 6.45) is 7.25. The van der Waals surface area contributed by atoms with Gasteiger partial charge in [0.1, 0.15) is 24.4 Å². The fourth-order valence-corrected chi connectivity index (χ4v) is 12.1. The van der Waals surface area contributed by atoms with Crippen molar-refractivity contribution in [3.8, 4) is 0 Å². The van der Waals surface area contributed by atoms with Gasteiger partial charge in [-0.15, -0.1) is 0 Å². The van der Waals surface area contributed by atoms with Gasteiger partial charge in [-0.1, -0.05) is 60.1 Å². The highest BCUT2D eigenvalue weighted by atomic mass is 16.7. The van der Waals surface area contributed by atoms with Crippen LogP contribution in [-0.2, 0) is 9.47 Å². The van der Waals surface area contributed by atoms with Gasteiger partial charge in [0.2, 0.25) is 0 Å². The first-order valence-corrected chi connectivity index (χ1v) is 17.3. The molecular formula is C36H60O7. The van der Waals surface area contributed by atoms with Crippen LogP contribution in [0.5, 0.6) is 0 Å². The van der Waals surface area contributed by atoms with Crippen LogP contribution in [0.4, 0.5) is 0 Å². The number of ether oxygens (including phenoxy) is 2. The average Bonchev–Trinajstić information content (AvgIpc) is 2.95. The van der Waals surface area contributed by atoms with E-state index in [1.807, 2.05) is 0 Å². The second kappa shape index (κ2) is 10.5. The Balaban J connectivity index is 1.29. The quantitative estimate of drug-likeness (QED) is 0.227. The van der Waals surface area contributed by atoms with E-state index in [9.17, 15) is 25.5 Å². The van der Waals surface area contributed by atoms with E-state index in [2.05, 4.69) is 54.5 Å². The second-order valence-electron chi connectivity index (χ2n) is 17.9. The van der Waals surface area contributed by atoms with Gasteiger partial charge >= 0.3 is 0 Å². The molecule has 5 aliphatic carbocycles. The summed E-state index contributed by atoms with van der Waals surface area (Å²) in [7, 11) is 0. The second-order valence-corrected chi connectivity index (χ2v) is 17.9. The molecule has 6 aliphatic rings. The highest BCUT2D eigenvalue weighted by Gasteiger charge is 2.68. The van der Waals surface area contributed by atoms with Crippen LogP contribution in [0.2, 0.25) is 0 Å². The predicted octanol–water partition coefficient (Wildman–Crippen LogP) is 4.97. The Labute approximate surface area is 259 Å². The maximum Gasteiger partial charge on any atom is 0.186 e. The smallest absolute Gasteiger partial charge is 0.186 e. The molecule has 1 heterocycles. The molecule has 43 heavy (non-hydrogen) atoms. The molecule has 7 heteroatoms. The van der Waals surface area contributed by atoms with Crippen LogP contribution in [0.1, 0.15) is 113 Å². The molecule has 7 nitrogen and oxygen atoms in total. The maximum atomic E-state index is 11.0. The van der Waals surface area contributed by atoms with Gasteiger partial charge in [-0.3, -0.25) is 0 Å². The van der Waals surface area contributed by atoms with Crippen LogP contribution in [0.25, 0.3) is 0 Å². The molecule has 6 rings (SSSR count). The van der Waals surface area contributed by atoms with E-state index in [-0.39, 0.29) is 34.9 Å². The number of fused-ring (bicyclic) bond motifs is 7. The molecular weight excluding hydrogens is 544 g/mol. The molecule has 0 spiro atoms. The van der Waals surface area contributed by atoms with Crippen LogP contribution in [0.3, 0.4) is 0 Å². The fourth-order valence-electron chi connectivity index (χ4n) is 12.1. The molecule has 0 aromatic carbocycles. The van der Waals surface area contributed by atoms with Crippen molar-refractivity contribution in [2.45, 2.75) is 149 Å². The zero-order chi connectivity index (χ0) is 31.4. The highest BCUT2D eigenvalue weighted by molar-refractivity contribution is 5.33. The number of hydrogen-bond donors (Lipinski definition) is 5. The molecule has 0 bridgehead atoms. The molecule has 1 aliphatic heterocycles. The SMILES string of the molecule is CC1(C)CCC2(C)CCC3(C)C(=CCC4C5(C)CCC(OC6OC(CO)C(O)C(O)C6O)C(C)(CO)C5CCC43C)C2C1. The van der Waals surface area contributed by atoms with Crippen LogP contribution >= 0.6 is 0 Å². The lowest BCUT2D eigenvalue weighted by Crippen LogP contribution is -2.66. The molecule has 5 fully saturated rings. The van der Waals surface area contributed by atoms with E-state index in [0.29, 0.717) is 29.1 Å². The molecule has 0 aromatic heterocycles. The van der Waals surface area contributed by atoms with Crippen molar-refractivity contribution >= 4 is 0 Å². The van der Waals surface area contributed by atoms with E-state index in [1.165, 1.54) is 32.1 Å². The van der Waals surface area contributed by atoms with E-state index < -0.39 is 42.7 Å². The first-order valence-electron chi connectivity index (χ1n) is 17.3. The van der Waals surface area contributed by atoms with Crippen molar-refractivity contribution in [3.63, 3.8) is 0 Å². The third-order valence-corrected chi connectivity index (χ3v) is 15.3. The topological polar surface area (TPSA) is 120 Å². The Hall–Kier alpha value is -0.540. The lowest BCUT2D eigenvalue weighted by Gasteiger charge is -2.71. The zero-order valence-electron chi connectivity index (χ0n) is 27.8. The molecule has 0 radical (unpaired) electrons. The third kappa shape index (κ3) is 4.52. The molecule has 4 saturated carbocycles. The summed E-state index contributed by atoms with van der Waals surface area (Å²) in [6.45, 7) is 16.8. The minimum absolute atomic E-state index is 0.0251. The Kier molecular flexibility index (Phi) is 7.90. The van der Waals surface area contributed by atoms with Crippen LogP contribution in [-0.4, -0.2) is 75.6 Å². The Morgan fingerprint density at radius 3 is 2.19 bits per heavy atom. The van der Waals surface area contributed by atoms with E-state index in [4.69, 9.17) is 9.47 Å². The lowest BCUT2D eigenvalue weighted by atomic mass is 9.33. The third-order valence-electron chi connectivity index (χ3n) is 15.3. The predicted molar refractivity (Wildman–Crippen MR) is 165 cm³/mol. The number of aliphatic hydroxyl groups excluding tert-OH is 5. The molecule has 246 valence electrons. The van der Waals surface area contributed by atoms with E-state index >= 15 is 0 Å². The Bertz CT molecular complexity index is 1110. The summed E-state index contributed by atoms with van der Waals surface area (Å²) in [5.74, 6) is 1.41. The van der Waals surface area contributed by atoms with Gasteiger partial charge in [0, 0.05) is 5.41 Å². The molecule has 14 unspecified atom stereocenters. The minimum atomic E-state index is -1.48. The van der Waals surface area contributed by atoms with Gasteiger partial charge in [0.25, 0.3) is 0 Å². The summed E-state index contributed by atoms with van der Waals surface area (Å²) in [5, 5.41) is 52.1. The summed E-state index contributed by atoms with van der Waals surface area (Å²) >= 11 is 0. The maximum absolute atomic E-state index is 11.0. The van der Waals surface area contributed by atoms with Crippen molar-refractivity contribution < 1.29 is 35.0 Å². The van der Waals surface area contributed by atoms with Gasteiger partial charge in [0.05, 0.1) is 19.3 Å². The molecule has 1 saturated heterocycles. The molecule has 5 N–H and O–H groups in total. The van der Waals surface area contributed by atoms with Gasteiger partial charge in [-0.2, -0.15) is 0 Å². The van der Waals surface area contributed by atoms with Crippen LogP contribution in [0, 0.1) is 50.2 Å². The van der Waals surface area contributed by atoms with Gasteiger partial charge < -0.3 is 35.0 Å². The van der Waals surface area contributed by atoms with Crippen LogP contribution in [0.15, 0.2) is 11.6 Å². The molecule has 0 amide bonds. The van der Waals surface area contributed by atoms with Crippen molar-refractivity contribution in [1.29, 1.82) is 0 Å². The summed E-state index contributed by atoms with van der Waals surface area (Å²) < 4.78 is 12.2. The van der Waals surface area contributed by atoms with Gasteiger partial charge in [-0.05, 0) is 109 Å². The first-order chi connectivity index (χ1) is 20.0. The number of rotatable bonds is 4. The average molecular weight is 605 g/mol. The number of hydrogen-bond acceptors (Lipinski definition) is 7. The summed E-state index contributed by atoms with van der Waals surface area (Å²) in [5.41, 5.74) is 2.41. The monoisotopic (exact) mass is 604 g/mol. The van der Waals surface area contributed by atoms with Crippen molar-refractivity contribution in [1.82, 2.24) is 0 Å². The highest BCUT2D eigenvalue weighted by Crippen LogP contribution is 2.75. The van der Waals surface area contributed by atoms with Crippen molar-refractivity contribution in [2.24, 2.45) is 50.2 Å². The summed E-state index contributed by atoms with van der Waals surface area (Å²) in [4.78, 5) is 0. The Morgan fingerprint density at radius 1 is 0.814 bits per heavy atom. The van der Waals surface area contributed by atoms with E-state index in [1.54, 1.807) is 5.57 Å². The largest absolute Gasteiger partial charge is 0.396 e. The summed E-state index contributed by atoms with van der Waals surface area (Å²) in [6, 6.07) is 0. The lowest BCUT2D eigenvalue weighted by molar-refractivity contribution is -0.333. The van der Waals surface area contributed by atoms with Gasteiger partial charge in [-0.25, -0.2) is 0 Å².